The Labute approximate surface area is 112 Å². The molecule has 2 rings (SSSR count). The fraction of sp³-hybridized carbons (Fsp3) is 0.462. The zero-order valence-electron chi connectivity index (χ0n) is 10.5. The van der Waals surface area contributed by atoms with E-state index in [1.807, 2.05) is 23.9 Å². The second kappa shape index (κ2) is 6.11. The van der Waals surface area contributed by atoms with Crippen molar-refractivity contribution in [1.29, 1.82) is 0 Å². The number of hydrogen-bond donors (Lipinski definition) is 3. The van der Waals surface area contributed by atoms with E-state index in [0.29, 0.717) is 22.5 Å². The number of nitrogens with two attached hydrogens (primary N) is 1. The lowest BCUT2D eigenvalue weighted by molar-refractivity contribution is 0.0939. The maximum Gasteiger partial charge on any atom is 0.253 e. The van der Waals surface area contributed by atoms with Gasteiger partial charge < -0.3 is 10.7 Å². The molecule has 2 unspecified atom stereocenters. The second-order valence-electron chi connectivity index (χ2n) is 4.53. The molecule has 0 spiro atoms. The first-order chi connectivity index (χ1) is 8.74. The lowest BCUT2D eigenvalue weighted by atomic mass is 10.1. The van der Waals surface area contributed by atoms with Gasteiger partial charge >= 0.3 is 0 Å². The van der Waals surface area contributed by atoms with Crippen LogP contribution in [0.2, 0.25) is 0 Å². The van der Waals surface area contributed by atoms with Crippen molar-refractivity contribution >= 4 is 23.4 Å². The van der Waals surface area contributed by atoms with Crippen LogP contribution in [0.4, 0.5) is 5.69 Å². The van der Waals surface area contributed by atoms with Gasteiger partial charge in [-0.3, -0.25) is 10.6 Å². The van der Waals surface area contributed by atoms with Crippen LogP contribution in [0.15, 0.2) is 24.3 Å². The minimum Gasteiger partial charge on any atom is -0.349 e. The topological polar surface area (TPSA) is 67.2 Å². The van der Waals surface area contributed by atoms with Crippen molar-refractivity contribution in [3.8, 4) is 0 Å². The number of amides is 1. The van der Waals surface area contributed by atoms with Crippen LogP contribution in [-0.4, -0.2) is 23.5 Å². The van der Waals surface area contributed by atoms with Crippen LogP contribution in [0.3, 0.4) is 0 Å². The molecule has 1 aliphatic rings. The minimum atomic E-state index is -0.0460. The van der Waals surface area contributed by atoms with Crippen LogP contribution in [0.25, 0.3) is 0 Å². The Morgan fingerprint density at radius 3 is 2.83 bits per heavy atom. The zero-order chi connectivity index (χ0) is 13.0. The summed E-state index contributed by atoms with van der Waals surface area (Å²) in [5.41, 5.74) is 3.82. The number of para-hydroxylation sites is 1. The molecule has 4 nitrogen and oxygen atoms in total. The molecule has 2 atom stereocenters. The lowest BCUT2D eigenvalue weighted by Gasteiger charge is -2.14. The van der Waals surface area contributed by atoms with Gasteiger partial charge in [-0.1, -0.05) is 12.1 Å². The van der Waals surface area contributed by atoms with Gasteiger partial charge in [0.15, 0.2) is 0 Å². The zero-order valence-corrected chi connectivity index (χ0v) is 11.3. The van der Waals surface area contributed by atoms with E-state index in [2.05, 4.69) is 17.0 Å². The molecule has 0 saturated heterocycles. The molecule has 98 valence electrons. The summed E-state index contributed by atoms with van der Waals surface area (Å²) in [4.78, 5) is 12.2. The van der Waals surface area contributed by atoms with Crippen LogP contribution in [0, 0.1) is 0 Å². The normalized spacial score (nSPS) is 22.8. The van der Waals surface area contributed by atoms with E-state index in [1.54, 1.807) is 12.1 Å². The highest BCUT2D eigenvalue weighted by Gasteiger charge is 2.25. The van der Waals surface area contributed by atoms with Gasteiger partial charge in [0.2, 0.25) is 0 Å². The van der Waals surface area contributed by atoms with Gasteiger partial charge in [-0.05, 0) is 37.7 Å². The number of carbonyl (C=O) groups excluding carboxylic acids is 1. The number of hydrazine groups is 1. The van der Waals surface area contributed by atoms with Gasteiger partial charge in [-0.15, -0.1) is 0 Å². The first kappa shape index (κ1) is 13.2. The highest BCUT2D eigenvalue weighted by Crippen LogP contribution is 2.28. The van der Waals surface area contributed by atoms with Crippen molar-refractivity contribution in [2.75, 3.05) is 11.7 Å². The van der Waals surface area contributed by atoms with Crippen molar-refractivity contribution in [2.24, 2.45) is 5.84 Å². The maximum atomic E-state index is 12.2. The molecule has 1 fully saturated rings. The van der Waals surface area contributed by atoms with E-state index in [4.69, 9.17) is 5.84 Å². The molecule has 5 heteroatoms. The summed E-state index contributed by atoms with van der Waals surface area (Å²) in [6.45, 7) is 0. The largest absolute Gasteiger partial charge is 0.349 e. The van der Waals surface area contributed by atoms with Crippen molar-refractivity contribution in [1.82, 2.24) is 5.32 Å². The van der Waals surface area contributed by atoms with E-state index in [1.165, 1.54) is 6.42 Å². The Balaban J connectivity index is 2.00. The number of anilines is 1. The van der Waals surface area contributed by atoms with Gasteiger partial charge in [-0.25, -0.2) is 0 Å². The summed E-state index contributed by atoms with van der Waals surface area (Å²) in [5.74, 6) is 5.36. The van der Waals surface area contributed by atoms with Crippen LogP contribution in [0.1, 0.15) is 29.6 Å². The number of hydrogen-bond acceptors (Lipinski definition) is 4. The van der Waals surface area contributed by atoms with Crippen LogP contribution >= 0.6 is 11.8 Å². The predicted octanol–water partition coefficient (Wildman–Crippen LogP) is 1.99. The standard InChI is InChI=1S/C13H19N3OS/c1-18-10-7-6-9(8-10)15-13(17)11-4-2-3-5-12(11)16-14/h2-5,9-10,16H,6-8,14H2,1H3,(H,15,17). The molecule has 1 saturated carbocycles. The Kier molecular flexibility index (Phi) is 4.49. The van der Waals surface area contributed by atoms with Crippen molar-refractivity contribution in [2.45, 2.75) is 30.6 Å². The quantitative estimate of drug-likeness (QED) is 0.575. The number of nitrogen functional groups attached to an aromatic ring is 1. The molecule has 18 heavy (non-hydrogen) atoms. The molecule has 1 amide bonds. The average Bonchev–Trinajstić information content (AvgIpc) is 2.86. The third kappa shape index (κ3) is 2.97. The van der Waals surface area contributed by atoms with E-state index in [0.717, 1.165) is 12.8 Å². The Bertz CT molecular complexity index is 424. The van der Waals surface area contributed by atoms with Crippen molar-refractivity contribution < 1.29 is 4.79 Å². The second-order valence-corrected chi connectivity index (χ2v) is 5.67. The van der Waals surface area contributed by atoms with Crippen LogP contribution in [0.5, 0.6) is 0 Å². The Hall–Kier alpha value is -1.20. The van der Waals surface area contributed by atoms with Crippen LogP contribution < -0.4 is 16.6 Å². The fourth-order valence-electron chi connectivity index (χ4n) is 2.36. The number of benzene rings is 1. The Morgan fingerprint density at radius 1 is 1.39 bits per heavy atom. The molecular weight excluding hydrogens is 246 g/mol. The van der Waals surface area contributed by atoms with Crippen molar-refractivity contribution in [3.63, 3.8) is 0 Å². The van der Waals surface area contributed by atoms with Crippen LogP contribution in [-0.2, 0) is 0 Å². The fourth-order valence-corrected chi connectivity index (χ4v) is 3.15. The average molecular weight is 265 g/mol. The number of carbonyl (C=O) groups is 1. The highest BCUT2D eigenvalue weighted by molar-refractivity contribution is 7.99. The molecule has 0 heterocycles. The summed E-state index contributed by atoms with van der Waals surface area (Å²) in [5, 5.41) is 3.77. The molecule has 0 radical (unpaired) electrons. The first-order valence-corrected chi connectivity index (χ1v) is 7.42. The molecule has 1 aromatic rings. The third-order valence-corrected chi connectivity index (χ3v) is 4.48. The van der Waals surface area contributed by atoms with Gasteiger partial charge in [0, 0.05) is 11.3 Å². The summed E-state index contributed by atoms with van der Waals surface area (Å²) >= 11 is 1.88. The molecule has 0 aliphatic heterocycles. The lowest BCUT2D eigenvalue weighted by Crippen LogP contribution is -2.33. The molecule has 1 aromatic carbocycles. The third-order valence-electron chi connectivity index (χ3n) is 3.38. The van der Waals surface area contributed by atoms with Gasteiger partial charge in [-0.2, -0.15) is 11.8 Å². The molecule has 1 aliphatic carbocycles. The van der Waals surface area contributed by atoms with E-state index in [9.17, 15) is 4.79 Å². The summed E-state index contributed by atoms with van der Waals surface area (Å²) in [6, 6.07) is 7.57. The van der Waals surface area contributed by atoms with Crippen molar-refractivity contribution in [3.05, 3.63) is 29.8 Å². The summed E-state index contributed by atoms with van der Waals surface area (Å²) < 4.78 is 0. The van der Waals surface area contributed by atoms with E-state index < -0.39 is 0 Å². The van der Waals surface area contributed by atoms with Gasteiger partial charge in [0.05, 0.1) is 11.3 Å². The number of nitrogens with one attached hydrogen (secondary N) is 2. The van der Waals surface area contributed by atoms with E-state index >= 15 is 0 Å². The first-order valence-electron chi connectivity index (χ1n) is 6.14. The molecule has 0 aromatic heterocycles. The number of rotatable bonds is 4. The van der Waals surface area contributed by atoms with Gasteiger partial charge in [0.25, 0.3) is 5.91 Å². The highest BCUT2D eigenvalue weighted by atomic mass is 32.2. The maximum absolute atomic E-state index is 12.2. The Morgan fingerprint density at radius 2 is 2.17 bits per heavy atom. The smallest absolute Gasteiger partial charge is 0.253 e. The summed E-state index contributed by atoms with van der Waals surface area (Å²) in [6.07, 6.45) is 5.44. The summed E-state index contributed by atoms with van der Waals surface area (Å²) in [7, 11) is 0. The predicted molar refractivity (Wildman–Crippen MR) is 76.7 cm³/mol. The number of thioether (sulfide) groups is 1. The molecule has 0 bridgehead atoms. The SMILES string of the molecule is CSC1CCC(NC(=O)c2ccccc2NN)C1. The monoisotopic (exact) mass is 265 g/mol. The van der Waals surface area contributed by atoms with E-state index in [-0.39, 0.29) is 5.91 Å². The molecular formula is C13H19N3OS. The minimum absolute atomic E-state index is 0.0460. The molecule has 4 N–H and O–H groups in total. The van der Waals surface area contributed by atoms with Gasteiger partial charge in [0.1, 0.15) is 0 Å².